The van der Waals surface area contributed by atoms with E-state index in [0.717, 1.165) is 19.5 Å². The number of aryl methyl sites for hydroxylation is 1. The average Bonchev–Trinajstić information content (AvgIpc) is 2.33. The standard InChI is InChI=1S/C14H22N2/c15-14-9-10-16-11-13(14)8-4-7-12-5-2-1-3-6-12/h1-3,5-6,13-14,16H,4,7-11,15H2. The van der Waals surface area contributed by atoms with Gasteiger partial charge in [-0.15, -0.1) is 0 Å². The molecule has 2 rings (SSSR count). The Balaban J connectivity index is 1.71. The predicted octanol–water partition coefficient (Wildman–Crippen LogP) is 1.95. The number of rotatable bonds is 4. The molecule has 0 amide bonds. The van der Waals surface area contributed by atoms with E-state index in [2.05, 4.69) is 35.6 Å². The minimum absolute atomic E-state index is 0.414. The summed E-state index contributed by atoms with van der Waals surface area (Å²) in [5.41, 5.74) is 7.56. The monoisotopic (exact) mass is 218 g/mol. The fourth-order valence-corrected chi connectivity index (χ4v) is 2.47. The number of nitrogens with one attached hydrogen (secondary N) is 1. The first-order chi connectivity index (χ1) is 7.86. The van der Waals surface area contributed by atoms with Crippen LogP contribution in [-0.4, -0.2) is 19.1 Å². The van der Waals surface area contributed by atoms with Gasteiger partial charge in [-0.3, -0.25) is 0 Å². The lowest BCUT2D eigenvalue weighted by molar-refractivity contribution is 0.304. The van der Waals surface area contributed by atoms with Gasteiger partial charge in [0.15, 0.2) is 0 Å². The topological polar surface area (TPSA) is 38.0 Å². The summed E-state index contributed by atoms with van der Waals surface area (Å²) in [7, 11) is 0. The van der Waals surface area contributed by atoms with Gasteiger partial charge in [0.05, 0.1) is 0 Å². The van der Waals surface area contributed by atoms with Gasteiger partial charge in [0.25, 0.3) is 0 Å². The maximum Gasteiger partial charge on any atom is 0.00913 e. The molecule has 88 valence electrons. The van der Waals surface area contributed by atoms with Crippen molar-refractivity contribution in [1.82, 2.24) is 5.32 Å². The van der Waals surface area contributed by atoms with Crippen molar-refractivity contribution >= 4 is 0 Å². The highest BCUT2D eigenvalue weighted by Gasteiger charge is 2.20. The quantitative estimate of drug-likeness (QED) is 0.810. The van der Waals surface area contributed by atoms with E-state index in [4.69, 9.17) is 5.73 Å². The van der Waals surface area contributed by atoms with Crippen molar-refractivity contribution in [3.05, 3.63) is 35.9 Å². The van der Waals surface area contributed by atoms with Gasteiger partial charge in [0.2, 0.25) is 0 Å². The molecule has 2 nitrogen and oxygen atoms in total. The third-order valence-electron chi connectivity index (χ3n) is 3.55. The Morgan fingerprint density at radius 1 is 1.25 bits per heavy atom. The molecule has 3 N–H and O–H groups in total. The van der Waals surface area contributed by atoms with E-state index >= 15 is 0 Å². The van der Waals surface area contributed by atoms with Crippen LogP contribution in [0, 0.1) is 5.92 Å². The first-order valence-electron chi connectivity index (χ1n) is 6.36. The van der Waals surface area contributed by atoms with E-state index in [1.165, 1.54) is 24.8 Å². The second-order valence-corrected chi connectivity index (χ2v) is 4.79. The number of benzene rings is 1. The summed E-state index contributed by atoms with van der Waals surface area (Å²) in [6.45, 7) is 2.20. The molecule has 0 bridgehead atoms. The molecule has 1 aliphatic rings. The van der Waals surface area contributed by atoms with E-state index < -0.39 is 0 Å². The Bertz CT molecular complexity index is 297. The lowest BCUT2D eigenvalue weighted by atomic mass is 9.89. The summed E-state index contributed by atoms with van der Waals surface area (Å²) in [4.78, 5) is 0. The second kappa shape index (κ2) is 6.02. The van der Waals surface area contributed by atoms with Crippen LogP contribution in [-0.2, 0) is 6.42 Å². The molecule has 16 heavy (non-hydrogen) atoms. The molecule has 1 saturated heterocycles. The van der Waals surface area contributed by atoms with Crippen molar-refractivity contribution in [3.63, 3.8) is 0 Å². The SMILES string of the molecule is NC1CCNCC1CCCc1ccccc1. The van der Waals surface area contributed by atoms with Gasteiger partial charge < -0.3 is 11.1 Å². The van der Waals surface area contributed by atoms with Crippen molar-refractivity contribution < 1.29 is 0 Å². The zero-order valence-corrected chi connectivity index (χ0v) is 9.86. The molecule has 1 aromatic rings. The molecule has 2 unspecified atom stereocenters. The molecule has 0 saturated carbocycles. The molecule has 2 atom stereocenters. The van der Waals surface area contributed by atoms with E-state index in [1.807, 2.05) is 0 Å². The van der Waals surface area contributed by atoms with Crippen molar-refractivity contribution in [3.8, 4) is 0 Å². The van der Waals surface area contributed by atoms with Crippen LogP contribution in [0.4, 0.5) is 0 Å². The molecule has 0 radical (unpaired) electrons. The van der Waals surface area contributed by atoms with Crippen molar-refractivity contribution in [1.29, 1.82) is 0 Å². The minimum atomic E-state index is 0.414. The largest absolute Gasteiger partial charge is 0.327 e. The molecule has 0 aromatic heterocycles. The van der Waals surface area contributed by atoms with Gasteiger partial charge in [-0.05, 0) is 50.3 Å². The van der Waals surface area contributed by atoms with Crippen LogP contribution in [0.3, 0.4) is 0 Å². The normalized spacial score (nSPS) is 25.6. The highest BCUT2D eigenvalue weighted by molar-refractivity contribution is 5.14. The van der Waals surface area contributed by atoms with Crippen LogP contribution < -0.4 is 11.1 Å². The number of hydrogen-bond donors (Lipinski definition) is 2. The van der Waals surface area contributed by atoms with Crippen LogP contribution in [0.25, 0.3) is 0 Å². The van der Waals surface area contributed by atoms with E-state index in [-0.39, 0.29) is 0 Å². The summed E-state index contributed by atoms with van der Waals surface area (Å²) < 4.78 is 0. The second-order valence-electron chi connectivity index (χ2n) is 4.79. The zero-order valence-electron chi connectivity index (χ0n) is 9.86. The molecule has 1 aromatic carbocycles. The van der Waals surface area contributed by atoms with E-state index in [9.17, 15) is 0 Å². The summed E-state index contributed by atoms with van der Waals surface area (Å²) in [5.74, 6) is 0.678. The van der Waals surface area contributed by atoms with Crippen LogP contribution in [0.15, 0.2) is 30.3 Å². The molecular weight excluding hydrogens is 196 g/mol. The first-order valence-corrected chi connectivity index (χ1v) is 6.36. The average molecular weight is 218 g/mol. The molecule has 0 aliphatic carbocycles. The predicted molar refractivity (Wildman–Crippen MR) is 68.3 cm³/mol. The van der Waals surface area contributed by atoms with Crippen LogP contribution in [0.5, 0.6) is 0 Å². The van der Waals surface area contributed by atoms with Gasteiger partial charge in [0.1, 0.15) is 0 Å². The lowest BCUT2D eigenvalue weighted by Gasteiger charge is -2.29. The summed E-state index contributed by atoms with van der Waals surface area (Å²) in [6.07, 6.45) is 4.83. The fraction of sp³-hybridized carbons (Fsp3) is 0.571. The molecule has 0 spiro atoms. The van der Waals surface area contributed by atoms with E-state index in [1.54, 1.807) is 0 Å². The molecule has 1 heterocycles. The smallest absolute Gasteiger partial charge is 0.00913 e. The third kappa shape index (κ3) is 3.32. The molecule has 1 fully saturated rings. The zero-order chi connectivity index (χ0) is 11.2. The fourth-order valence-electron chi connectivity index (χ4n) is 2.47. The van der Waals surface area contributed by atoms with Gasteiger partial charge in [-0.25, -0.2) is 0 Å². The Hall–Kier alpha value is -0.860. The maximum atomic E-state index is 6.12. The Morgan fingerprint density at radius 3 is 2.81 bits per heavy atom. The highest BCUT2D eigenvalue weighted by atomic mass is 14.9. The Morgan fingerprint density at radius 2 is 2.06 bits per heavy atom. The number of nitrogens with two attached hydrogens (primary N) is 1. The van der Waals surface area contributed by atoms with Gasteiger partial charge in [-0.2, -0.15) is 0 Å². The lowest BCUT2D eigenvalue weighted by Crippen LogP contribution is -2.44. The van der Waals surface area contributed by atoms with Crippen molar-refractivity contribution in [2.24, 2.45) is 11.7 Å². The maximum absolute atomic E-state index is 6.12. The third-order valence-corrected chi connectivity index (χ3v) is 3.55. The Labute approximate surface area is 98.2 Å². The van der Waals surface area contributed by atoms with Gasteiger partial charge in [-0.1, -0.05) is 30.3 Å². The molecule has 2 heteroatoms. The highest BCUT2D eigenvalue weighted by Crippen LogP contribution is 2.16. The summed E-state index contributed by atoms with van der Waals surface area (Å²) in [5, 5.41) is 3.43. The van der Waals surface area contributed by atoms with E-state index in [0.29, 0.717) is 12.0 Å². The first kappa shape index (κ1) is 11.6. The van der Waals surface area contributed by atoms with Crippen LogP contribution in [0.2, 0.25) is 0 Å². The van der Waals surface area contributed by atoms with Gasteiger partial charge in [0, 0.05) is 6.04 Å². The number of hydrogen-bond acceptors (Lipinski definition) is 2. The molecule has 1 aliphatic heterocycles. The van der Waals surface area contributed by atoms with Crippen molar-refractivity contribution in [2.45, 2.75) is 31.7 Å². The van der Waals surface area contributed by atoms with Crippen LogP contribution in [0.1, 0.15) is 24.8 Å². The number of piperidine rings is 1. The Kier molecular flexibility index (Phi) is 4.37. The molecular formula is C14H22N2. The summed E-state index contributed by atoms with van der Waals surface area (Å²) in [6, 6.07) is 11.1. The summed E-state index contributed by atoms with van der Waals surface area (Å²) >= 11 is 0. The minimum Gasteiger partial charge on any atom is -0.327 e. The van der Waals surface area contributed by atoms with Crippen molar-refractivity contribution in [2.75, 3.05) is 13.1 Å². The van der Waals surface area contributed by atoms with Gasteiger partial charge >= 0.3 is 0 Å². The van der Waals surface area contributed by atoms with Crippen LogP contribution >= 0.6 is 0 Å².